The molecule has 2 N–H and O–H groups in total. The minimum Gasteiger partial charge on any atom is -0.382 e. The predicted octanol–water partition coefficient (Wildman–Crippen LogP) is 1.87. The lowest BCUT2D eigenvalue weighted by Crippen LogP contribution is -2.36. The number of benzene rings is 1. The second-order valence-electron chi connectivity index (χ2n) is 4.55. The van der Waals surface area contributed by atoms with E-state index in [1.165, 1.54) is 11.6 Å². The molecular formula is C12H15FN2. The van der Waals surface area contributed by atoms with Crippen molar-refractivity contribution in [1.29, 1.82) is 0 Å². The minimum atomic E-state index is -0.113. The highest BCUT2D eigenvalue weighted by Gasteiger charge is 2.39. The molecule has 2 nitrogen and oxygen atoms in total. The third kappa shape index (κ3) is 1.26. The van der Waals surface area contributed by atoms with E-state index < -0.39 is 0 Å². The van der Waals surface area contributed by atoms with E-state index in [0.717, 1.165) is 38.2 Å². The quantitative estimate of drug-likeness (QED) is 0.677. The number of para-hydroxylation sites is 1. The van der Waals surface area contributed by atoms with Gasteiger partial charge in [0.2, 0.25) is 0 Å². The van der Waals surface area contributed by atoms with Gasteiger partial charge in [0.1, 0.15) is 5.82 Å². The van der Waals surface area contributed by atoms with Crippen molar-refractivity contribution in [2.24, 2.45) is 0 Å². The summed E-state index contributed by atoms with van der Waals surface area (Å²) in [5, 5.41) is 6.57. The topological polar surface area (TPSA) is 24.1 Å². The first-order chi connectivity index (χ1) is 7.32. The molecule has 0 bridgehead atoms. The average molecular weight is 206 g/mol. The molecule has 2 heterocycles. The molecule has 0 radical (unpaired) electrons. The van der Waals surface area contributed by atoms with Gasteiger partial charge in [-0.25, -0.2) is 4.39 Å². The van der Waals surface area contributed by atoms with Crippen LogP contribution in [0.15, 0.2) is 18.2 Å². The maximum Gasteiger partial charge on any atom is 0.146 e. The zero-order valence-electron chi connectivity index (χ0n) is 8.65. The van der Waals surface area contributed by atoms with Gasteiger partial charge in [-0.2, -0.15) is 0 Å². The van der Waals surface area contributed by atoms with Crippen molar-refractivity contribution in [3.63, 3.8) is 0 Å². The summed E-state index contributed by atoms with van der Waals surface area (Å²) in [4.78, 5) is 0. The van der Waals surface area contributed by atoms with E-state index in [9.17, 15) is 4.39 Å². The maximum absolute atomic E-state index is 13.6. The molecule has 0 amide bonds. The van der Waals surface area contributed by atoms with E-state index in [1.807, 2.05) is 6.07 Å². The summed E-state index contributed by atoms with van der Waals surface area (Å²) in [5.74, 6) is -0.113. The van der Waals surface area contributed by atoms with Crippen LogP contribution in [-0.4, -0.2) is 19.6 Å². The Hall–Kier alpha value is -1.09. The summed E-state index contributed by atoms with van der Waals surface area (Å²) in [6.45, 7) is 2.93. The monoisotopic (exact) mass is 206 g/mol. The first kappa shape index (κ1) is 9.16. The molecule has 1 atom stereocenters. The molecule has 1 aromatic carbocycles. The molecule has 2 aliphatic rings. The minimum absolute atomic E-state index is 0.113. The van der Waals surface area contributed by atoms with Crippen LogP contribution in [0.5, 0.6) is 0 Å². The molecule has 0 saturated carbocycles. The second kappa shape index (κ2) is 3.20. The highest BCUT2D eigenvalue weighted by atomic mass is 19.1. The lowest BCUT2D eigenvalue weighted by Gasteiger charge is -2.35. The molecule has 15 heavy (non-hydrogen) atoms. The van der Waals surface area contributed by atoms with Gasteiger partial charge in [0, 0.05) is 18.5 Å². The van der Waals surface area contributed by atoms with Crippen LogP contribution >= 0.6 is 0 Å². The zero-order chi connectivity index (χ0) is 10.3. The van der Waals surface area contributed by atoms with Crippen LogP contribution in [-0.2, 0) is 5.41 Å². The largest absolute Gasteiger partial charge is 0.382 e. The molecular weight excluding hydrogens is 191 g/mol. The fourth-order valence-corrected chi connectivity index (χ4v) is 2.89. The lowest BCUT2D eigenvalue weighted by atomic mass is 9.74. The molecule has 1 saturated heterocycles. The van der Waals surface area contributed by atoms with E-state index in [1.54, 1.807) is 0 Å². The Bertz CT molecular complexity index is 383. The summed E-state index contributed by atoms with van der Waals surface area (Å²) in [6.07, 6.45) is 2.24. The van der Waals surface area contributed by atoms with Crippen LogP contribution in [0.4, 0.5) is 10.1 Å². The Kier molecular flexibility index (Phi) is 1.96. The van der Waals surface area contributed by atoms with Crippen molar-refractivity contribution in [3.8, 4) is 0 Å². The normalized spacial score (nSPS) is 28.9. The summed E-state index contributed by atoms with van der Waals surface area (Å²) in [6, 6.07) is 5.42. The van der Waals surface area contributed by atoms with Crippen molar-refractivity contribution in [2.45, 2.75) is 18.3 Å². The Morgan fingerprint density at radius 1 is 1.20 bits per heavy atom. The number of hydrogen-bond donors (Lipinski definition) is 2. The lowest BCUT2D eigenvalue weighted by molar-refractivity contribution is 0.430. The van der Waals surface area contributed by atoms with Crippen molar-refractivity contribution in [3.05, 3.63) is 29.6 Å². The van der Waals surface area contributed by atoms with E-state index in [0.29, 0.717) is 0 Å². The number of hydrogen-bond acceptors (Lipinski definition) is 2. The molecule has 1 aromatic rings. The Labute approximate surface area is 88.9 Å². The van der Waals surface area contributed by atoms with Crippen LogP contribution < -0.4 is 10.6 Å². The fraction of sp³-hybridized carbons (Fsp3) is 0.500. The molecule has 1 spiro atoms. The highest BCUT2D eigenvalue weighted by Crippen LogP contribution is 2.42. The van der Waals surface area contributed by atoms with Crippen LogP contribution in [0.1, 0.15) is 18.4 Å². The molecule has 80 valence electrons. The second-order valence-corrected chi connectivity index (χ2v) is 4.55. The van der Waals surface area contributed by atoms with Gasteiger partial charge in [-0.1, -0.05) is 12.1 Å². The highest BCUT2D eigenvalue weighted by molar-refractivity contribution is 5.58. The van der Waals surface area contributed by atoms with Crippen molar-refractivity contribution in [2.75, 3.05) is 25.0 Å². The zero-order valence-corrected chi connectivity index (χ0v) is 8.65. The van der Waals surface area contributed by atoms with Crippen molar-refractivity contribution >= 4 is 5.69 Å². The smallest absolute Gasteiger partial charge is 0.146 e. The van der Waals surface area contributed by atoms with Crippen molar-refractivity contribution in [1.82, 2.24) is 5.32 Å². The van der Waals surface area contributed by atoms with E-state index in [4.69, 9.17) is 0 Å². The van der Waals surface area contributed by atoms with Crippen LogP contribution in [0.2, 0.25) is 0 Å². The fourth-order valence-electron chi connectivity index (χ4n) is 2.89. The van der Waals surface area contributed by atoms with Gasteiger partial charge in [-0.05, 0) is 31.0 Å². The van der Waals surface area contributed by atoms with Gasteiger partial charge in [0.25, 0.3) is 0 Å². The summed E-state index contributed by atoms with van der Waals surface area (Å²) >= 11 is 0. The molecule has 0 aromatic heterocycles. The number of fused-ring (bicyclic) bond motifs is 2. The van der Waals surface area contributed by atoms with Crippen LogP contribution in [0.3, 0.4) is 0 Å². The van der Waals surface area contributed by atoms with E-state index in [-0.39, 0.29) is 11.2 Å². The van der Waals surface area contributed by atoms with Crippen LogP contribution in [0, 0.1) is 5.82 Å². The Morgan fingerprint density at radius 3 is 2.87 bits per heavy atom. The molecule has 1 unspecified atom stereocenters. The van der Waals surface area contributed by atoms with Gasteiger partial charge in [0.05, 0.1) is 5.69 Å². The van der Waals surface area contributed by atoms with E-state index in [2.05, 4.69) is 16.7 Å². The molecule has 2 aliphatic heterocycles. The van der Waals surface area contributed by atoms with Gasteiger partial charge < -0.3 is 10.6 Å². The number of rotatable bonds is 0. The molecule has 1 fully saturated rings. The first-order valence-electron chi connectivity index (χ1n) is 5.55. The Balaban J connectivity index is 2.14. The third-order valence-electron chi connectivity index (χ3n) is 3.73. The van der Waals surface area contributed by atoms with Crippen LogP contribution in [0.25, 0.3) is 0 Å². The Morgan fingerprint density at radius 2 is 2.07 bits per heavy atom. The standard InChI is InChI=1S/C12H15FN2/c13-10-3-1-2-9-11(10)15-7-5-12(9)4-6-14-8-12/h1-3,14-15H,4-8H2. The summed E-state index contributed by atoms with van der Waals surface area (Å²) in [7, 11) is 0. The number of halogens is 1. The third-order valence-corrected chi connectivity index (χ3v) is 3.73. The molecule has 3 rings (SSSR count). The summed E-state index contributed by atoms with van der Waals surface area (Å²) < 4.78 is 13.6. The molecule has 0 aliphatic carbocycles. The number of anilines is 1. The predicted molar refractivity (Wildman–Crippen MR) is 58.7 cm³/mol. The number of nitrogens with one attached hydrogen (secondary N) is 2. The van der Waals surface area contributed by atoms with Gasteiger partial charge in [-0.15, -0.1) is 0 Å². The summed E-state index contributed by atoms with van der Waals surface area (Å²) in [5.41, 5.74) is 2.08. The SMILES string of the molecule is Fc1cccc2c1NCCC21CCNC1. The average Bonchev–Trinajstić information content (AvgIpc) is 2.70. The van der Waals surface area contributed by atoms with Crippen molar-refractivity contribution < 1.29 is 4.39 Å². The van der Waals surface area contributed by atoms with E-state index >= 15 is 0 Å². The molecule has 3 heteroatoms. The maximum atomic E-state index is 13.6. The van der Waals surface area contributed by atoms with Gasteiger partial charge in [-0.3, -0.25) is 0 Å². The first-order valence-corrected chi connectivity index (χ1v) is 5.55. The van der Waals surface area contributed by atoms with Gasteiger partial charge in [0.15, 0.2) is 0 Å². The van der Waals surface area contributed by atoms with Gasteiger partial charge >= 0.3 is 0 Å².